The van der Waals surface area contributed by atoms with Crippen molar-refractivity contribution in [1.82, 2.24) is 0 Å². The molecule has 0 saturated heterocycles. The molecule has 4 heteroatoms. The first-order valence-electron chi connectivity index (χ1n) is 4.65. The first kappa shape index (κ1) is 12.4. The van der Waals surface area contributed by atoms with Gasteiger partial charge in [-0.15, -0.1) is 0 Å². The fraction of sp³-hybridized carbons (Fsp3) is 0.889. The number of carbonyl (C=O) groups excluding carboxylic acids is 1. The van der Waals surface area contributed by atoms with Gasteiger partial charge in [0.2, 0.25) is 0 Å². The number of rotatable bonds is 1. The predicted octanol–water partition coefficient (Wildman–Crippen LogP) is 0.429. The fourth-order valence-corrected chi connectivity index (χ4v) is 1.16. The van der Waals surface area contributed by atoms with Crippen LogP contribution in [-0.2, 0) is 9.53 Å². The highest BCUT2D eigenvalue weighted by atomic mass is 16.5. The second kappa shape index (κ2) is 8.01. The average Bonchev–Trinajstić information content (AvgIpc) is 2.19. The van der Waals surface area contributed by atoms with E-state index in [1.165, 1.54) is 26.4 Å². The Hall–Kier alpha value is -0.610. The first-order valence-corrected chi connectivity index (χ1v) is 4.65. The largest absolute Gasteiger partial charge is 0.468 e. The molecule has 3 N–H and O–H groups in total. The van der Waals surface area contributed by atoms with E-state index in [2.05, 4.69) is 4.74 Å². The lowest BCUT2D eigenvalue weighted by Crippen LogP contribution is -2.14. The van der Waals surface area contributed by atoms with Crippen molar-refractivity contribution in [2.24, 2.45) is 5.73 Å². The lowest BCUT2D eigenvalue weighted by atomic mass is 9.98. The number of hydrogen-bond donors (Lipinski definition) is 2. The van der Waals surface area contributed by atoms with Gasteiger partial charge >= 0.3 is 5.97 Å². The predicted molar refractivity (Wildman–Crippen MR) is 50.2 cm³/mol. The molecule has 0 aromatic heterocycles. The van der Waals surface area contributed by atoms with E-state index in [0.717, 1.165) is 12.8 Å². The van der Waals surface area contributed by atoms with Gasteiger partial charge in [0, 0.05) is 0 Å². The summed E-state index contributed by atoms with van der Waals surface area (Å²) in [5, 5.41) is 8.91. The lowest BCUT2D eigenvalue weighted by molar-refractivity contribution is -0.138. The van der Waals surface area contributed by atoms with E-state index in [1.807, 2.05) is 0 Å². The number of hydrogen-bond acceptors (Lipinski definition) is 4. The van der Waals surface area contributed by atoms with E-state index < -0.39 is 0 Å². The van der Waals surface area contributed by atoms with Gasteiger partial charge in [0.25, 0.3) is 0 Å². The summed E-state index contributed by atoms with van der Waals surface area (Å²) in [5.41, 5.74) is 4.81. The molecule has 0 radical (unpaired) electrons. The van der Waals surface area contributed by atoms with Crippen molar-refractivity contribution < 1.29 is 14.6 Å². The summed E-state index contributed by atoms with van der Waals surface area (Å²) in [6.07, 6.45) is 5.92. The molecule has 78 valence electrons. The molecule has 1 aliphatic rings. The SMILES string of the molecule is COC(=O)CN.OC1CCCCC1. The summed E-state index contributed by atoms with van der Waals surface area (Å²) in [7, 11) is 1.30. The van der Waals surface area contributed by atoms with Gasteiger partial charge < -0.3 is 15.6 Å². The third kappa shape index (κ3) is 7.74. The van der Waals surface area contributed by atoms with Crippen LogP contribution in [0.25, 0.3) is 0 Å². The standard InChI is InChI=1S/C6H12O.C3H7NO2/c7-6-4-2-1-3-5-6;1-6-3(5)2-4/h6-7H,1-5H2;2,4H2,1H3. The summed E-state index contributed by atoms with van der Waals surface area (Å²) in [6.45, 7) is -0.0312. The molecule has 1 rings (SSSR count). The van der Waals surface area contributed by atoms with Crippen LogP contribution in [0.15, 0.2) is 0 Å². The summed E-state index contributed by atoms with van der Waals surface area (Å²) in [4.78, 5) is 9.83. The van der Waals surface area contributed by atoms with Crippen LogP contribution in [0.3, 0.4) is 0 Å². The highest BCUT2D eigenvalue weighted by molar-refractivity contribution is 5.70. The Morgan fingerprint density at radius 2 is 2.00 bits per heavy atom. The van der Waals surface area contributed by atoms with Crippen molar-refractivity contribution in [2.45, 2.75) is 38.2 Å². The van der Waals surface area contributed by atoms with Crippen LogP contribution < -0.4 is 5.73 Å². The Kier molecular flexibility index (Phi) is 7.63. The van der Waals surface area contributed by atoms with Crippen LogP contribution in [0, 0.1) is 0 Å². The Labute approximate surface area is 79.1 Å². The summed E-state index contributed by atoms with van der Waals surface area (Å²) >= 11 is 0. The molecule has 1 fully saturated rings. The minimum absolute atomic E-state index is 0.0312. The minimum Gasteiger partial charge on any atom is -0.468 e. The second-order valence-electron chi connectivity index (χ2n) is 3.07. The molecule has 0 amide bonds. The van der Waals surface area contributed by atoms with Crippen LogP contribution in [-0.4, -0.2) is 30.8 Å². The molecule has 4 nitrogen and oxygen atoms in total. The molecular formula is C9H19NO3. The number of carbonyl (C=O) groups is 1. The third-order valence-electron chi connectivity index (χ3n) is 1.97. The van der Waals surface area contributed by atoms with Gasteiger partial charge in [0.15, 0.2) is 0 Å². The molecule has 13 heavy (non-hydrogen) atoms. The Morgan fingerprint density at radius 3 is 2.15 bits per heavy atom. The van der Waals surface area contributed by atoms with Crippen LogP contribution >= 0.6 is 0 Å². The number of methoxy groups -OCH3 is 1. The number of aliphatic hydroxyl groups is 1. The molecule has 0 aromatic rings. The maximum atomic E-state index is 9.83. The smallest absolute Gasteiger partial charge is 0.319 e. The van der Waals surface area contributed by atoms with Crippen LogP contribution in [0.1, 0.15) is 32.1 Å². The van der Waals surface area contributed by atoms with Gasteiger partial charge in [-0.25, -0.2) is 0 Å². The zero-order chi connectivity index (χ0) is 10.1. The molecule has 0 atom stereocenters. The number of nitrogens with two attached hydrogens (primary N) is 1. The number of aliphatic hydroxyl groups excluding tert-OH is 1. The van der Waals surface area contributed by atoms with Gasteiger partial charge in [-0.3, -0.25) is 4.79 Å². The Balaban J connectivity index is 0.000000226. The molecule has 1 aliphatic carbocycles. The third-order valence-corrected chi connectivity index (χ3v) is 1.97. The molecule has 0 aromatic carbocycles. The van der Waals surface area contributed by atoms with E-state index in [9.17, 15) is 4.79 Å². The van der Waals surface area contributed by atoms with Gasteiger partial charge in [-0.2, -0.15) is 0 Å². The molecule has 0 bridgehead atoms. The van der Waals surface area contributed by atoms with Crippen LogP contribution in [0.4, 0.5) is 0 Å². The van der Waals surface area contributed by atoms with Crippen molar-refractivity contribution >= 4 is 5.97 Å². The zero-order valence-corrected chi connectivity index (χ0v) is 8.16. The quantitative estimate of drug-likeness (QED) is 0.587. The van der Waals surface area contributed by atoms with Crippen molar-refractivity contribution in [1.29, 1.82) is 0 Å². The van der Waals surface area contributed by atoms with Crippen LogP contribution in [0.5, 0.6) is 0 Å². The topological polar surface area (TPSA) is 72.5 Å². The van der Waals surface area contributed by atoms with Crippen molar-refractivity contribution in [3.05, 3.63) is 0 Å². The van der Waals surface area contributed by atoms with E-state index >= 15 is 0 Å². The number of ether oxygens (including phenoxy) is 1. The highest BCUT2D eigenvalue weighted by Crippen LogP contribution is 2.16. The fourth-order valence-electron chi connectivity index (χ4n) is 1.16. The van der Waals surface area contributed by atoms with E-state index in [-0.39, 0.29) is 18.6 Å². The average molecular weight is 189 g/mol. The molecule has 0 aliphatic heterocycles. The molecule has 0 unspecified atom stereocenters. The van der Waals surface area contributed by atoms with Gasteiger partial charge in [0.05, 0.1) is 19.8 Å². The molecular weight excluding hydrogens is 170 g/mol. The van der Waals surface area contributed by atoms with Gasteiger partial charge in [-0.1, -0.05) is 19.3 Å². The van der Waals surface area contributed by atoms with Crippen molar-refractivity contribution in [3.8, 4) is 0 Å². The molecule has 1 saturated carbocycles. The Morgan fingerprint density at radius 1 is 1.46 bits per heavy atom. The van der Waals surface area contributed by atoms with Crippen molar-refractivity contribution in [2.75, 3.05) is 13.7 Å². The normalized spacial score (nSPS) is 17.2. The van der Waals surface area contributed by atoms with E-state index in [4.69, 9.17) is 10.8 Å². The molecule has 0 heterocycles. The number of esters is 1. The Bertz CT molecular complexity index is 127. The van der Waals surface area contributed by atoms with Crippen molar-refractivity contribution in [3.63, 3.8) is 0 Å². The highest BCUT2D eigenvalue weighted by Gasteiger charge is 2.07. The monoisotopic (exact) mass is 189 g/mol. The van der Waals surface area contributed by atoms with E-state index in [1.54, 1.807) is 0 Å². The second-order valence-corrected chi connectivity index (χ2v) is 3.07. The van der Waals surface area contributed by atoms with Gasteiger partial charge in [0.1, 0.15) is 0 Å². The summed E-state index contributed by atoms with van der Waals surface area (Å²) < 4.78 is 4.14. The summed E-state index contributed by atoms with van der Waals surface area (Å²) in [5.74, 6) is -0.380. The maximum Gasteiger partial charge on any atom is 0.319 e. The maximum absolute atomic E-state index is 9.83. The van der Waals surface area contributed by atoms with Gasteiger partial charge in [-0.05, 0) is 12.8 Å². The molecule has 0 spiro atoms. The van der Waals surface area contributed by atoms with Crippen LogP contribution in [0.2, 0.25) is 0 Å². The first-order chi connectivity index (χ1) is 6.20. The summed E-state index contributed by atoms with van der Waals surface area (Å²) in [6, 6.07) is 0. The lowest BCUT2D eigenvalue weighted by Gasteiger charge is -2.14. The van der Waals surface area contributed by atoms with E-state index in [0.29, 0.717) is 0 Å². The zero-order valence-electron chi connectivity index (χ0n) is 8.16. The minimum atomic E-state index is -0.380.